The van der Waals surface area contributed by atoms with E-state index in [0.29, 0.717) is 0 Å². The molecule has 0 saturated carbocycles. The number of halogens is 1. The van der Waals surface area contributed by atoms with Crippen molar-refractivity contribution in [2.24, 2.45) is 5.41 Å². The van der Waals surface area contributed by atoms with Crippen molar-refractivity contribution in [1.82, 2.24) is 0 Å². The Kier molecular flexibility index (Phi) is 9.07. The summed E-state index contributed by atoms with van der Waals surface area (Å²) in [6.07, 6.45) is 4.50. The van der Waals surface area contributed by atoms with Crippen molar-refractivity contribution in [3.05, 3.63) is 0 Å². The maximum atomic E-state index is 5.54. The summed E-state index contributed by atoms with van der Waals surface area (Å²) in [6.45, 7) is 4.44. The van der Waals surface area contributed by atoms with Crippen LogP contribution >= 0.6 is 34.6 Å². The summed E-state index contributed by atoms with van der Waals surface area (Å²) in [7, 11) is 6.87. The smallest absolute Gasteiger partial charge is 0.138 e. The molecule has 0 N–H and O–H groups in total. The monoisotopic (exact) mass is 316 g/mol. The van der Waals surface area contributed by atoms with Gasteiger partial charge in [-0.1, -0.05) is 29.8 Å². The Morgan fingerprint density at radius 3 is 2.13 bits per heavy atom. The second-order valence-corrected chi connectivity index (χ2v) is 5.50. The molecule has 0 spiro atoms. The van der Waals surface area contributed by atoms with Crippen molar-refractivity contribution in [3.8, 4) is 0 Å². The molecule has 92 valence electrons. The summed E-state index contributed by atoms with van der Waals surface area (Å²) in [6, 6.07) is 0. The highest BCUT2D eigenvalue weighted by molar-refractivity contribution is 9.09. The normalized spacial score (nSPS) is 16.4. The Hall–Kier alpha value is 1.26. The second kappa shape index (κ2) is 8.37. The van der Waals surface area contributed by atoms with Gasteiger partial charge in [0.25, 0.3) is 0 Å². The summed E-state index contributed by atoms with van der Waals surface area (Å²) < 4.78 is 10.9. The molecular formula is C10H23BrO2P2. The van der Waals surface area contributed by atoms with Crippen molar-refractivity contribution >= 4 is 34.6 Å². The largest absolute Gasteiger partial charge is 0.367 e. The first-order chi connectivity index (χ1) is 7.11. The lowest BCUT2D eigenvalue weighted by atomic mass is 9.75. The molecule has 0 aromatic carbocycles. The zero-order valence-corrected chi connectivity index (χ0v) is 13.7. The van der Waals surface area contributed by atoms with E-state index >= 15 is 0 Å². The first-order valence-electron chi connectivity index (χ1n) is 5.34. The third-order valence-electron chi connectivity index (χ3n) is 3.26. The Morgan fingerprint density at radius 2 is 1.87 bits per heavy atom. The van der Waals surface area contributed by atoms with Crippen molar-refractivity contribution in [2.45, 2.75) is 44.2 Å². The molecule has 0 saturated heterocycles. The summed E-state index contributed by atoms with van der Waals surface area (Å²) in [5, 5.41) is -0.0496. The third kappa shape index (κ3) is 4.21. The van der Waals surface area contributed by atoms with Crippen molar-refractivity contribution in [3.63, 3.8) is 0 Å². The van der Waals surface area contributed by atoms with Crippen LogP contribution in [-0.2, 0) is 9.26 Å². The highest BCUT2D eigenvalue weighted by atomic mass is 79.9. The molecule has 0 aromatic heterocycles. The SMILES string of the molecule is CCC(CC)(CCP)C(OP)C(Br)OC. The van der Waals surface area contributed by atoms with Crippen LogP contribution < -0.4 is 0 Å². The molecule has 4 unspecified atom stereocenters. The lowest BCUT2D eigenvalue weighted by Gasteiger charge is -2.40. The topological polar surface area (TPSA) is 18.5 Å². The molecular weight excluding hydrogens is 294 g/mol. The molecule has 0 aliphatic rings. The minimum Gasteiger partial charge on any atom is -0.367 e. The minimum atomic E-state index is -0.0496. The molecule has 2 nitrogen and oxygen atoms in total. The Morgan fingerprint density at radius 1 is 1.33 bits per heavy atom. The van der Waals surface area contributed by atoms with Crippen LogP contribution in [0.15, 0.2) is 0 Å². The molecule has 0 bridgehead atoms. The Balaban J connectivity index is 4.81. The molecule has 4 atom stereocenters. The maximum absolute atomic E-state index is 5.54. The quantitative estimate of drug-likeness (QED) is 0.503. The molecule has 0 radical (unpaired) electrons. The third-order valence-corrected chi connectivity index (χ3v) is 4.70. The van der Waals surface area contributed by atoms with Gasteiger partial charge in [0.15, 0.2) is 0 Å². The van der Waals surface area contributed by atoms with E-state index in [-0.39, 0.29) is 16.5 Å². The van der Waals surface area contributed by atoms with E-state index < -0.39 is 0 Å². The van der Waals surface area contributed by atoms with Gasteiger partial charge in [-0.15, -0.1) is 9.24 Å². The number of rotatable bonds is 8. The van der Waals surface area contributed by atoms with E-state index in [1.807, 2.05) is 0 Å². The van der Waals surface area contributed by atoms with Gasteiger partial charge in [-0.3, -0.25) is 0 Å². The zero-order chi connectivity index (χ0) is 11.9. The molecule has 0 amide bonds. The molecule has 0 aromatic rings. The fraction of sp³-hybridized carbons (Fsp3) is 1.00. The molecule has 15 heavy (non-hydrogen) atoms. The van der Waals surface area contributed by atoms with Gasteiger partial charge in [0.2, 0.25) is 0 Å². The van der Waals surface area contributed by atoms with Crippen molar-refractivity contribution in [1.29, 1.82) is 0 Å². The standard InChI is InChI=1S/C10H23BrO2P2/c1-4-10(5-2,6-7-14)8(13-15)9(11)12-3/h8-9H,4-7,14-15H2,1-3H3. The lowest BCUT2D eigenvalue weighted by Crippen LogP contribution is -2.42. The number of alkyl halides is 1. The van der Waals surface area contributed by atoms with Gasteiger partial charge >= 0.3 is 0 Å². The average molecular weight is 317 g/mol. The van der Waals surface area contributed by atoms with Crippen LogP contribution in [0.2, 0.25) is 0 Å². The van der Waals surface area contributed by atoms with Crippen molar-refractivity contribution < 1.29 is 9.26 Å². The van der Waals surface area contributed by atoms with Gasteiger partial charge in [-0.2, -0.15) is 0 Å². The first kappa shape index (κ1) is 16.3. The van der Waals surface area contributed by atoms with Crippen LogP contribution in [0, 0.1) is 5.41 Å². The van der Waals surface area contributed by atoms with Gasteiger partial charge < -0.3 is 9.26 Å². The predicted molar refractivity (Wildman–Crippen MR) is 76.5 cm³/mol. The number of ether oxygens (including phenoxy) is 1. The van der Waals surface area contributed by atoms with E-state index in [2.05, 4.69) is 48.5 Å². The summed E-state index contributed by atoms with van der Waals surface area (Å²) >= 11 is 3.52. The Labute approximate surface area is 107 Å². The number of hydrogen-bond donors (Lipinski definition) is 0. The van der Waals surface area contributed by atoms with Crippen LogP contribution in [0.25, 0.3) is 0 Å². The number of methoxy groups -OCH3 is 1. The summed E-state index contributed by atoms with van der Waals surface area (Å²) in [5.41, 5.74) is 0.188. The molecule has 0 rings (SSSR count). The van der Waals surface area contributed by atoms with E-state index in [1.54, 1.807) is 7.11 Å². The van der Waals surface area contributed by atoms with Gasteiger partial charge in [-0.25, -0.2) is 0 Å². The first-order valence-corrected chi connectivity index (χ1v) is 7.54. The fourth-order valence-electron chi connectivity index (χ4n) is 2.04. The highest BCUT2D eigenvalue weighted by Crippen LogP contribution is 2.41. The van der Waals surface area contributed by atoms with E-state index in [4.69, 9.17) is 9.26 Å². The van der Waals surface area contributed by atoms with Crippen molar-refractivity contribution in [2.75, 3.05) is 13.3 Å². The molecule has 0 aliphatic carbocycles. The van der Waals surface area contributed by atoms with E-state index in [9.17, 15) is 0 Å². The Bertz CT molecular complexity index is 166. The lowest BCUT2D eigenvalue weighted by molar-refractivity contribution is -0.0221. The van der Waals surface area contributed by atoms with Crippen LogP contribution in [0.3, 0.4) is 0 Å². The predicted octanol–water partition coefficient (Wildman–Crippen LogP) is 3.60. The fourth-order valence-corrected chi connectivity index (χ4v) is 3.97. The number of hydrogen-bond acceptors (Lipinski definition) is 2. The minimum absolute atomic E-state index is 0.0496. The van der Waals surface area contributed by atoms with Gasteiger partial charge in [0, 0.05) is 22.0 Å². The van der Waals surface area contributed by atoms with Crippen LogP contribution in [-0.4, -0.2) is 24.4 Å². The van der Waals surface area contributed by atoms with Gasteiger partial charge in [0.05, 0.1) is 0 Å². The van der Waals surface area contributed by atoms with Crippen LogP contribution in [0.5, 0.6) is 0 Å². The van der Waals surface area contributed by atoms with Crippen LogP contribution in [0.4, 0.5) is 0 Å². The maximum Gasteiger partial charge on any atom is 0.138 e. The summed E-state index contributed by atoms with van der Waals surface area (Å²) in [5.74, 6) is 0. The highest BCUT2D eigenvalue weighted by Gasteiger charge is 2.39. The summed E-state index contributed by atoms with van der Waals surface area (Å²) in [4.78, 5) is 0. The van der Waals surface area contributed by atoms with E-state index in [1.165, 1.54) is 0 Å². The molecule has 0 heterocycles. The second-order valence-electron chi connectivity index (χ2n) is 3.75. The van der Waals surface area contributed by atoms with E-state index in [0.717, 1.165) is 25.4 Å². The molecule has 0 aliphatic heterocycles. The molecule has 0 fully saturated rings. The van der Waals surface area contributed by atoms with Gasteiger partial charge in [-0.05, 0) is 25.4 Å². The molecule has 5 heteroatoms. The zero-order valence-electron chi connectivity index (χ0n) is 9.83. The van der Waals surface area contributed by atoms with Crippen LogP contribution in [0.1, 0.15) is 33.1 Å². The average Bonchev–Trinajstić information content (AvgIpc) is 2.28. The van der Waals surface area contributed by atoms with Gasteiger partial charge in [0.1, 0.15) is 11.1 Å².